The number of imidazole rings is 1. The molecule has 4 N–H and O–H groups in total. The van der Waals surface area contributed by atoms with Crippen LogP contribution in [0, 0.1) is 0 Å². The van der Waals surface area contributed by atoms with Crippen LogP contribution < -0.4 is 16.2 Å². The van der Waals surface area contributed by atoms with Gasteiger partial charge in [0.05, 0.1) is 0 Å². The van der Waals surface area contributed by atoms with Gasteiger partial charge in [0.25, 0.3) is 5.91 Å². The van der Waals surface area contributed by atoms with Crippen LogP contribution in [0.5, 0.6) is 0 Å². The Kier molecular flexibility index (Phi) is 7.80. The summed E-state index contributed by atoms with van der Waals surface area (Å²) in [6.45, 7) is 0.357. The minimum absolute atomic E-state index is 0.153. The predicted molar refractivity (Wildman–Crippen MR) is 113 cm³/mol. The molecule has 1 saturated heterocycles. The number of aryl methyl sites for hydroxylation is 1. The van der Waals surface area contributed by atoms with Crippen LogP contribution >= 0.6 is 0 Å². The fraction of sp³-hybridized carbons (Fsp3) is 0.500. The molecule has 0 saturated carbocycles. The zero-order valence-electron chi connectivity index (χ0n) is 17.8. The predicted octanol–water partition coefficient (Wildman–Crippen LogP) is -0.276. The molecular formula is C22H28N5O5-. The van der Waals surface area contributed by atoms with E-state index in [9.17, 15) is 24.3 Å². The second-order valence-corrected chi connectivity index (χ2v) is 8.10. The number of carbonyl (C=O) groups is 4. The van der Waals surface area contributed by atoms with E-state index in [0.717, 1.165) is 37.8 Å². The molecule has 1 aliphatic heterocycles. The third kappa shape index (κ3) is 6.05. The topological polar surface area (TPSA) is 161 Å². The van der Waals surface area contributed by atoms with Gasteiger partial charge >= 0.3 is 0 Å². The van der Waals surface area contributed by atoms with Crippen molar-refractivity contribution in [2.75, 3.05) is 6.54 Å². The van der Waals surface area contributed by atoms with E-state index >= 15 is 0 Å². The highest BCUT2D eigenvalue weighted by Gasteiger charge is 2.36. The van der Waals surface area contributed by atoms with Gasteiger partial charge in [0, 0.05) is 30.8 Å². The van der Waals surface area contributed by atoms with Crippen LogP contribution in [0.3, 0.4) is 0 Å². The third-order valence-electron chi connectivity index (χ3n) is 5.72. The van der Waals surface area contributed by atoms with E-state index in [4.69, 9.17) is 5.73 Å². The summed E-state index contributed by atoms with van der Waals surface area (Å²) >= 11 is 0. The van der Waals surface area contributed by atoms with Crippen molar-refractivity contribution < 1.29 is 24.3 Å². The number of rotatable bonds is 10. The highest BCUT2D eigenvalue weighted by molar-refractivity contribution is 5.97. The van der Waals surface area contributed by atoms with E-state index < -0.39 is 42.2 Å². The Labute approximate surface area is 185 Å². The molecule has 1 aromatic rings. The smallest absolute Gasteiger partial charge is 0.290 e. The summed E-state index contributed by atoms with van der Waals surface area (Å²) in [6.07, 6.45) is 13.1. The third-order valence-corrected chi connectivity index (χ3v) is 5.72. The Hall–Kier alpha value is -3.43. The number of amides is 3. The summed E-state index contributed by atoms with van der Waals surface area (Å²) in [7, 11) is 0. The van der Waals surface area contributed by atoms with Gasteiger partial charge < -0.3 is 30.8 Å². The van der Waals surface area contributed by atoms with Crippen LogP contribution in [0.15, 0.2) is 30.0 Å². The second kappa shape index (κ2) is 10.7. The Morgan fingerprint density at radius 2 is 2.12 bits per heavy atom. The van der Waals surface area contributed by atoms with Crippen LogP contribution in [-0.4, -0.2) is 57.2 Å². The molecule has 2 heterocycles. The lowest BCUT2D eigenvalue weighted by atomic mass is 9.99. The van der Waals surface area contributed by atoms with Gasteiger partial charge in [-0.1, -0.05) is 23.8 Å². The Balaban J connectivity index is 1.57. The van der Waals surface area contributed by atoms with Crippen molar-refractivity contribution in [3.05, 3.63) is 41.5 Å². The molecule has 0 bridgehead atoms. The van der Waals surface area contributed by atoms with E-state index in [1.165, 1.54) is 10.5 Å². The van der Waals surface area contributed by atoms with Crippen molar-refractivity contribution in [2.24, 2.45) is 5.73 Å². The first-order valence-electron chi connectivity index (χ1n) is 10.8. The van der Waals surface area contributed by atoms with Crippen molar-refractivity contribution in [1.82, 2.24) is 20.2 Å². The summed E-state index contributed by atoms with van der Waals surface area (Å²) in [6, 6.07) is -2.22. The summed E-state index contributed by atoms with van der Waals surface area (Å²) < 4.78 is 0. The molecular weight excluding hydrogens is 414 g/mol. The Bertz CT molecular complexity index is 935. The van der Waals surface area contributed by atoms with Crippen LogP contribution in [0.25, 0.3) is 0 Å². The van der Waals surface area contributed by atoms with Gasteiger partial charge in [0.2, 0.25) is 11.8 Å². The monoisotopic (exact) mass is 442 g/mol. The molecule has 0 radical (unpaired) electrons. The van der Waals surface area contributed by atoms with Crippen molar-refractivity contribution in [3.63, 3.8) is 0 Å². The highest BCUT2D eigenvalue weighted by atomic mass is 16.4. The molecule has 3 amide bonds. The summed E-state index contributed by atoms with van der Waals surface area (Å²) in [5, 5.41) is 13.1. The SMILES string of the molecule is NC(=O)C(CC(=O)[O-])NC(=O)[C@@H]1CCCN1C(=O)c1ncc(CCCC2=CC=CCC2)[nH]1. The lowest BCUT2D eigenvalue weighted by molar-refractivity contribution is -0.306. The molecule has 172 valence electrons. The normalized spacial score (nSPS) is 18.8. The van der Waals surface area contributed by atoms with Crippen molar-refractivity contribution in [1.29, 1.82) is 0 Å². The van der Waals surface area contributed by atoms with Crippen LogP contribution in [0.1, 0.15) is 61.3 Å². The summed E-state index contributed by atoms with van der Waals surface area (Å²) in [5.41, 5.74) is 7.43. The molecule has 0 aromatic carbocycles. The molecule has 10 nitrogen and oxygen atoms in total. The van der Waals surface area contributed by atoms with Gasteiger partial charge in [-0.05, 0) is 44.9 Å². The number of primary amides is 1. The number of allylic oxidation sites excluding steroid dienone is 4. The fourth-order valence-corrected chi connectivity index (χ4v) is 4.04. The maximum atomic E-state index is 12.9. The number of carbonyl (C=O) groups excluding carboxylic acids is 4. The van der Waals surface area contributed by atoms with E-state index in [1.54, 1.807) is 6.20 Å². The minimum Gasteiger partial charge on any atom is -0.550 e. The van der Waals surface area contributed by atoms with Crippen molar-refractivity contribution >= 4 is 23.7 Å². The Morgan fingerprint density at radius 3 is 2.81 bits per heavy atom. The molecule has 10 heteroatoms. The van der Waals surface area contributed by atoms with Gasteiger partial charge in [-0.25, -0.2) is 4.98 Å². The molecule has 1 fully saturated rings. The first-order valence-corrected chi connectivity index (χ1v) is 10.8. The quantitative estimate of drug-likeness (QED) is 0.452. The van der Waals surface area contributed by atoms with Crippen LogP contribution in [0.2, 0.25) is 0 Å². The van der Waals surface area contributed by atoms with Crippen molar-refractivity contribution in [3.8, 4) is 0 Å². The van der Waals surface area contributed by atoms with E-state index in [2.05, 4.69) is 33.5 Å². The molecule has 32 heavy (non-hydrogen) atoms. The van der Waals surface area contributed by atoms with Gasteiger partial charge in [0.15, 0.2) is 5.82 Å². The average Bonchev–Trinajstić information content (AvgIpc) is 3.43. The van der Waals surface area contributed by atoms with Crippen molar-refractivity contribution in [2.45, 2.75) is 63.5 Å². The standard InChI is InChI=1S/C22H29N5O5/c23-19(30)16(12-18(28)29)26-21(31)17-10-5-11-27(17)22(32)20-24-13-15(25-20)9-4-8-14-6-2-1-3-7-14/h1-2,6,13,16-17H,3-5,7-12H2,(H2,23,30)(H,24,25)(H,26,31)(H,28,29)/p-1/t16?,17-/m0/s1. The number of nitrogens with zero attached hydrogens (tertiary/aromatic N) is 2. The molecule has 2 atom stereocenters. The van der Waals surface area contributed by atoms with E-state index in [0.29, 0.717) is 19.4 Å². The number of hydrogen-bond acceptors (Lipinski definition) is 6. The van der Waals surface area contributed by atoms with Gasteiger partial charge in [0.1, 0.15) is 12.1 Å². The number of carboxylic acid groups (broad SMARTS) is 1. The zero-order chi connectivity index (χ0) is 23.1. The van der Waals surface area contributed by atoms with Crippen LogP contribution in [0.4, 0.5) is 0 Å². The maximum absolute atomic E-state index is 12.9. The lowest BCUT2D eigenvalue weighted by Gasteiger charge is -2.25. The largest absolute Gasteiger partial charge is 0.550 e. The van der Waals surface area contributed by atoms with Crippen LogP contribution in [-0.2, 0) is 20.8 Å². The summed E-state index contributed by atoms with van der Waals surface area (Å²) in [5.74, 6) is -3.37. The molecule has 1 unspecified atom stereocenters. The molecule has 1 aliphatic carbocycles. The number of aromatic amines is 1. The lowest BCUT2D eigenvalue weighted by Crippen LogP contribution is -2.53. The van der Waals surface area contributed by atoms with E-state index in [1.807, 2.05) is 0 Å². The minimum atomic E-state index is -1.51. The summed E-state index contributed by atoms with van der Waals surface area (Å²) in [4.78, 5) is 56.4. The number of H-pyrrole nitrogens is 1. The maximum Gasteiger partial charge on any atom is 0.290 e. The fourth-order valence-electron chi connectivity index (χ4n) is 4.04. The first kappa shape index (κ1) is 23.2. The number of aliphatic carboxylic acids is 1. The number of nitrogens with one attached hydrogen (secondary N) is 2. The highest BCUT2D eigenvalue weighted by Crippen LogP contribution is 2.21. The average molecular weight is 442 g/mol. The number of nitrogens with two attached hydrogens (primary N) is 1. The van der Waals surface area contributed by atoms with Gasteiger partial charge in [-0.15, -0.1) is 0 Å². The second-order valence-electron chi connectivity index (χ2n) is 8.10. The number of aromatic nitrogens is 2. The number of carboxylic acids is 1. The Morgan fingerprint density at radius 1 is 1.31 bits per heavy atom. The van der Waals surface area contributed by atoms with Gasteiger partial charge in [-0.3, -0.25) is 14.4 Å². The first-order chi connectivity index (χ1) is 15.3. The number of likely N-dealkylation sites (tertiary alicyclic amines) is 1. The molecule has 2 aliphatic rings. The van der Waals surface area contributed by atoms with Gasteiger partial charge in [-0.2, -0.15) is 0 Å². The zero-order valence-corrected chi connectivity index (χ0v) is 17.8. The molecule has 1 aromatic heterocycles. The molecule has 0 spiro atoms. The molecule has 3 rings (SSSR count). The van der Waals surface area contributed by atoms with E-state index in [-0.39, 0.29) is 5.82 Å². The number of hydrogen-bond donors (Lipinski definition) is 3.